The summed E-state index contributed by atoms with van der Waals surface area (Å²) in [7, 11) is 0. The van der Waals surface area contributed by atoms with Gasteiger partial charge in [-0.05, 0) is 39.5 Å². The first-order chi connectivity index (χ1) is 9.29. The molecule has 0 aliphatic rings. The number of halogens is 1. The number of hydrogen-bond donors (Lipinski definition) is 0. The van der Waals surface area contributed by atoms with Gasteiger partial charge in [-0.25, -0.2) is 4.68 Å². The van der Waals surface area contributed by atoms with Gasteiger partial charge >= 0.3 is 0 Å². The summed E-state index contributed by atoms with van der Waals surface area (Å²) in [5.74, 6) is 0. The van der Waals surface area contributed by atoms with Crippen molar-refractivity contribution in [2.75, 3.05) is 0 Å². The summed E-state index contributed by atoms with van der Waals surface area (Å²) in [6.07, 6.45) is 5.94. The standard InChI is InChI=1S/C13H8BrN3OS/c14-11-3-6-19-13(11)12-9(8-18)7-17(16-12)10-1-4-15-5-2-10/h1-8H. The van der Waals surface area contributed by atoms with Crippen LogP contribution in [0.2, 0.25) is 0 Å². The fraction of sp³-hybridized carbons (Fsp3) is 0. The van der Waals surface area contributed by atoms with Crippen LogP contribution < -0.4 is 0 Å². The van der Waals surface area contributed by atoms with Crippen molar-refractivity contribution in [3.63, 3.8) is 0 Å². The number of pyridine rings is 1. The summed E-state index contributed by atoms with van der Waals surface area (Å²) in [4.78, 5) is 16.1. The highest BCUT2D eigenvalue weighted by Gasteiger charge is 2.15. The summed E-state index contributed by atoms with van der Waals surface area (Å²) >= 11 is 5.01. The van der Waals surface area contributed by atoms with E-state index in [0.29, 0.717) is 11.3 Å². The van der Waals surface area contributed by atoms with Gasteiger partial charge in [0.25, 0.3) is 0 Å². The Labute approximate surface area is 121 Å². The van der Waals surface area contributed by atoms with E-state index in [4.69, 9.17) is 0 Å². The fourth-order valence-corrected chi connectivity index (χ4v) is 3.31. The molecule has 0 aliphatic carbocycles. The molecule has 0 bridgehead atoms. The quantitative estimate of drug-likeness (QED) is 0.688. The molecule has 0 aliphatic heterocycles. The van der Waals surface area contributed by atoms with Crippen molar-refractivity contribution in [3.05, 3.63) is 52.2 Å². The molecule has 0 saturated carbocycles. The summed E-state index contributed by atoms with van der Waals surface area (Å²) in [5, 5.41) is 6.45. The van der Waals surface area contributed by atoms with Crippen LogP contribution in [0.15, 0.2) is 46.6 Å². The molecule has 94 valence electrons. The Bertz CT molecular complexity index is 721. The van der Waals surface area contributed by atoms with Gasteiger partial charge in [-0.15, -0.1) is 11.3 Å². The topological polar surface area (TPSA) is 47.8 Å². The highest BCUT2D eigenvalue weighted by Crippen LogP contribution is 2.34. The normalized spacial score (nSPS) is 10.6. The predicted molar refractivity (Wildman–Crippen MR) is 77.8 cm³/mol. The van der Waals surface area contributed by atoms with Crippen LogP contribution in [0.4, 0.5) is 0 Å². The molecule has 0 spiro atoms. The van der Waals surface area contributed by atoms with Gasteiger partial charge < -0.3 is 0 Å². The Morgan fingerprint density at radius 3 is 2.68 bits per heavy atom. The number of rotatable bonds is 3. The Hall–Kier alpha value is -1.79. The summed E-state index contributed by atoms with van der Waals surface area (Å²) in [6.45, 7) is 0. The second kappa shape index (κ2) is 5.07. The molecular formula is C13H8BrN3OS. The van der Waals surface area contributed by atoms with Crippen LogP contribution in [0.3, 0.4) is 0 Å². The van der Waals surface area contributed by atoms with Crippen molar-refractivity contribution >= 4 is 33.6 Å². The van der Waals surface area contributed by atoms with Crippen molar-refractivity contribution < 1.29 is 4.79 Å². The van der Waals surface area contributed by atoms with Crippen molar-refractivity contribution in [1.82, 2.24) is 14.8 Å². The van der Waals surface area contributed by atoms with Crippen molar-refractivity contribution in [2.45, 2.75) is 0 Å². The highest BCUT2D eigenvalue weighted by atomic mass is 79.9. The molecule has 0 amide bonds. The van der Waals surface area contributed by atoms with E-state index in [1.54, 1.807) is 34.6 Å². The number of aldehydes is 1. The molecule has 0 atom stereocenters. The van der Waals surface area contributed by atoms with Gasteiger partial charge in [0.1, 0.15) is 5.69 Å². The molecule has 0 fully saturated rings. The highest BCUT2D eigenvalue weighted by molar-refractivity contribution is 9.10. The summed E-state index contributed by atoms with van der Waals surface area (Å²) in [6, 6.07) is 5.63. The maximum atomic E-state index is 11.2. The Morgan fingerprint density at radius 2 is 2.05 bits per heavy atom. The lowest BCUT2D eigenvalue weighted by molar-refractivity contribution is 0.112. The smallest absolute Gasteiger partial charge is 0.153 e. The van der Waals surface area contributed by atoms with E-state index in [0.717, 1.165) is 21.3 Å². The van der Waals surface area contributed by atoms with Crippen LogP contribution in [-0.4, -0.2) is 21.1 Å². The lowest BCUT2D eigenvalue weighted by Gasteiger charge is -1.99. The summed E-state index contributed by atoms with van der Waals surface area (Å²) in [5.41, 5.74) is 2.13. The van der Waals surface area contributed by atoms with Crippen LogP contribution in [0.25, 0.3) is 16.3 Å². The van der Waals surface area contributed by atoms with Crippen LogP contribution in [-0.2, 0) is 0 Å². The second-order valence-corrected chi connectivity index (χ2v) is 5.57. The molecule has 19 heavy (non-hydrogen) atoms. The molecule has 4 nitrogen and oxygen atoms in total. The maximum absolute atomic E-state index is 11.2. The lowest BCUT2D eigenvalue weighted by atomic mass is 10.2. The van der Waals surface area contributed by atoms with Crippen LogP contribution in [0.1, 0.15) is 10.4 Å². The molecule has 3 heterocycles. The number of carbonyl (C=O) groups is 1. The summed E-state index contributed by atoms with van der Waals surface area (Å²) < 4.78 is 2.63. The van der Waals surface area contributed by atoms with Crippen LogP contribution >= 0.6 is 27.3 Å². The minimum Gasteiger partial charge on any atom is -0.298 e. The first-order valence-electron chi connectivity index (χ1n) is 5.48. The molecule has 3 rings (SSSR count). The maximum Gasteiger partial charge on any atom is 0.153 e. The lowest BCUT2D eigenvalue weighted by Crippen LogP contribution is -1.94. The monoisotopic (exact) mass is 333 g/mol. The zero-order valence-electron chi connectivity index (χ0n) is 9.65. The molecule has 6 heteroatoms. The third-order valence-corrected chi connectivity index (χ3v) is 4.47. The molecule has 0 aromatic carbocycles. The average Bonchev–Trinajstić information content (AvgIpc) is 3.05. The third kappa shape index (κ3) is 2.24. The van der Waals surface area contributed by atoms with Gasteiger partial charge in [0.05, 0.1) is 16.1 Å². The largest absolute Gasteiger partial charge is 0.298 e. The van der Waals surface area contributed by atoms with E-state index in [9.17, 15) is 4.79 Å². The molecule has 3 aromatic heterocycles. The van der Waals surface area contributed by atoms with Gasteiger partial charge in [0.15, 0.2) is 6.29 Å². The predicted octanol–water partition coefficient (Wildman–Crippen LogP) is 3.57. The number of nitrogens with zero attached hydrogens (tertiary/aromatic N) is 3. The second-order valence-electron chi connectivity index (χ2n) is 3.80. The zero-order chi connectivity index (χ0) is 13.2. The zero-order valence-corrected chi connectivity index (χ0v) is 12.1. The SMILES string of the molecule is O=Cc1cn(-c2ccncc2)nc1-c1sccc1Br. The van der Waals surface area contributed by atoms with Crippen molar-refractivity contribution in [3.8, 4) is 16.3 Å². The van der Waals surface area contributed by atoms with Gasteiger partial charge in [-0.1, -0.05) is 0 Å². The van der Waals surface area contributed by atoms with E-state index >= 15 is 0 Å². The third-order valence-electron chi connectivity index (χ3n) is 2.63. The first kappa shape index (κ1) is 12.3. The van der Waals surface area contributed by atoms with E-state index in [1.165, 1.54) is 0 Å². The van der Waals surface area contributed by atoms with E-state index < -0.39 is 0 Å². The molecule has 0 unspecified atom stereocenters. The average molecular weight is 334 g/mol. The first-order valence-corrected chi connectivity index (χ1v) is 7.15. The van der Waals surface area contributed by atoms with Crippen LogP contribution in [0, 0.1) is 0 Å². The minimum atomic E-state index is 0.569. The molecule has 0 N–H and O–H groups in total. The van der Waals surface area contributed by atoms with E-state index in [1.807, 2.05) is 23.6 Å². The van der Waals surface area contributed by atoms with Crippen LogP contribution in [0.5, 0.6) is 0 Å². The van der Waals surface area contributed by atoms with Gasteiger partial charge in [0.2, 0.25) is 0 Å². The van der Waals surface area contributed by atoms with E-state index in [2.05, 4.69) is 26.0 Å². The van der Waals surface area contributed by atoms with Gasteiger partial charge in [-0.3, -0.25) is 9.78 Å². The number of carbonyl (C=O) groups excluding carboxylic acids is 1. The van der Waals surface area contributed by atoms with E-state index in [-0.39, 0.29) is 0 Å². The number of hydrogen-bond acceptors (Lipinski definition) is 4. The van der Waals surface area contributed by atoms with Gasteiger partial charge in [-0.2, -0.15) is 5.10 Å². The molecule has 0 radical (unpaired) electrons. The fourth-order valence-electron chi connectivity index (χ4n) is 1.74. The molecular weight excluding hydrogens is 326 g/mol. The van der Waals surface area contributed by atoms with Crippen molar-refractivity contribution in [1.29, 1.82) is 0 Å². The Kier molecular flexibility index (Phi) is 3.27. The Morgan fingerprint density at radius 1 is 1.26 bits per heavy atom. The number of thiophene rings is 1. The molecule has 3 aromatic rings. The minimum absolute atomic E-state index is 0.569. The Balaban J connectivity index is 2.15. The molecule has 0 saturated heterocycles. The number of aromatic nitrogens is 3. The van der Waals surface area contributed by atoms with Crippen molar-refractivity contribution in [2.24, 2.45) is 0 Å². The van der Waals surface area contributed by atoms with Gasteiger partial charge in [0, 0.05) is 23.1 Å².